The number of fused-ring (bicyclic) bond motifs is 3. The molecular formula is C25H23ClF2N2O4S. The zero-order valence-electron chi connectivity index (χ0n) is 19.4. The SMILES string of the molecule is CCOC(=O)c1c(N(Cc2c(F)cccc2F)C(=O)OCC)sc2c1CN(C)c1cc(Cl)ccc1-2. The number of carbonyl (C=O) groups excluding carboxylic acids is 2. The number of nitrogens with zero attached hydrogens (tertiary/aromatic N) is 2. The average molecular weight is 521 g/mol. The van der Waals surface area contributed by atoms with Gasteiger partial charge in [0.25, 0.3) is 0 Å². The van der Waals surface area contributed by atoms with Gasteiger partial charge in [0.2, 0.25) is 0 Å². The third-order valence-electron chi connectivity index (χ3n) is 5.59. The van der Waals surface area contributed by atoms with Gasteiger partial charge in [-0.25, -0.2) is 18.4 Å². The number of amides is 1. The quantitative estimate of drug-likeness (QED) is 0.341. The summed E-state index contributed by atoms with van der Waals surface area (Å²) in [5.74, 6) is -2.25. The highest BCUT2D eigenvalue weighted by molar-refractivity contribution is 7.20. The van der Waals surface area contributed by atoms with Gasteiger partial charge in [-0.2, -0.15) is 0 Å². The van der Waals surface area contributed by atoms with Crippen molar-refractivity contribution in [1.82, 2.24) is 0 Å². The van der Waals surface area contributed by atoms with Crippen molar-refractivity contribution in [3.05, 3.63) is 69.7 Å². The molecule has 6 nitrogen and oxygen atoms in total. The van der Waals surface area contributed by atoms with E-state index < -0.39 is 30.2 Å². The number of hydrogen-bond donors (Lipinski definition) is 0. The maximum atomic E-state index is 14.5. The molecule has 0 aliphatic carbocycles. The fourth-order valence-electron chi connectivity index (χ4n) is 4.02. The summed E-state index contributed by atoms with van der Waals surface area (Å²) in [5.41, 5.74) is 2.19. The van der Waals surface area contributed by atoms with Crippen LogP contribution in [0.25, 0.3) is 10.4 Å². The van der Waals surface area contributed by atoms with Crippen LogP contribution in [0.1, 0.15) is 35.3 Å². The fourth-order valence-corrected chi connectivity index (χ4v) is 5.51. The van der Waals surface area contributed by atoms with E-state index >= 15 is 0 Å². The van der Waals surface area contributed by atoms with Gasteiger partial charge in [0.05, 0.1) is 19.8 Å². The Morgan fingerprint density at radius 2 is 1.80 bits per heavy atom. The predicted octanol–water partition coefficient (Wildman–Crippen LogP) is 6.64. The van der Waals surface area contributed by atoms with E-state index in [2.05, 4.69) is 0 Å². The van der Waals surface area contributed by atoms with Gasteiger partial charge in [-0.05, 0) is 44.2 Å². The number of thiophene rings is 1. The lowest BCUT2D eigenvalue weighted by Crippen LogP contribution is -2.32. The number of esters is 1. The van der Waals surface area contributed by atoms with Crippen LogP contribution >= 0.6 is 22.9 Å². The minimum absolute atomic E-state index is 0.0407. The van der Waals surface area contributed by atoms with Gasteiger partial charge in [0.1, 0.15) is 22.2 Å². The molecule has 1 aromatic heterocycles. The lowest BCUT2D eigenvalue weighted by molar-refractivity contribution is 0.0526. The summed E-state index contributed by atoms with van der Waals surface area (Å²) in [6.07, 6.45) is -0.830. The van der Waals surface area contributed by atoms with Crippen molar-refractivity contribution in [2.75, 3.05) is 30.1 Å². The first-order valence-corrected chi connectivity index (χ1v) is 12.2. The van der Waals surface area contributed by atoms with Gasteiger partial charge in [0.15, 0.2) is 0 Å². The molecular weight excluding hydrogens is 498 g/mol. The lowest BCUT2D eigenvalue weighted by Gasteiger charge is -2.28. The van der Waals surface area contributed by atoms with Crippen molar-refractivity contribution < 1.29 is 27.8 Å². The molecule has 35 heavy (non-hydrogen) atoms. The largest absolute Gasteiger partial charge is 0.462 e. The van der Waals surface area contributed by atoms with Gasteiger partial charge in [-0.15, -0.1) is 11.3 Å². The molecule has 0 spiro atoms. The van der Waals surface area contributed by atoms with Gasteiger partial charge >= 0.3 is 12.1 Å². The number of halogens is 3. The standard InChI is InChI=1S/C25H23ClF2N2O4S/c1-4-33-24(31)21-17-12-29(3)20-11-14(26)9-10-15(20)22(17)35-23(21)30(25(32)34-5-2)13-16-18(27)7-6-8-19(16)28/h6-11H,4-5,12-13H2,1-3H3. The summed E-state index contributed by atoms with van der Waals surface area (Å²) >= 11 is 7.38. The van der Waals surface area contributed by atoms with E-state index in [-0.39, 0.29) is 29.3 Å². The van der Waals surface area contributed by atoms with Crippen LogP contribution in [0.3, 0.4) is 0 Å². The van der Waals surface area contributed by atoms with Crippen molar-refractivity contribution in [1.29, 1.82) is 0 Å². The van der Waals surface area contributed by atoms with Crippen LogP contribution in [0, 0.1) is 11.6 Å². The van der Waals surface area contributed by atoms with Crippen LogP contribution < -0.4 is 9.80 Å². The first kappa shape index (κ1) is 24.9. The summed E-state index contributed by atoms with van der Waals surface area (Å²) in [5, 5.41) is 0.760. The molecule has 0 N–H and O–H groups in total. The second kappa shape index (κ2) is 10.2. The maximum Gasteiger partial charge on any atom is 0.415 e. The van der Waals surface area contributed by atoms with Crippen molar-refractivity contribution in [2.24, 2.45) is 0 Å². The topological polar surface area (TPSA) is 59.1 Å². The minimum atomic E-state index is -0.830. The summed E-state index contributed by atoms with van der Waals surface area (Å²) in [7, 11) is 1.86. The van der Waals surface area contributed by atoms with Gasteiger partial charge in [-0.3, -0.25) is 4.90 Å². The van der Waals surface area contributed by atoms with E-state index in [0.717, 1.165) is 33.2 Å². The highest BCUT2D eigenvalue weighted by Gasteiger charge is 2.35. The summed E-state index contributed by atoms with van der Waals surface area (Å²) in [6, 6.07) is 8.87. The van der Waals surface area contributed by atoms with Crippen molar-refractivity contribution in [2.45, 2.75) is 26.9 Å². The third-order valence-corrected chi connectivity index (χ3v) is 7.11. The van der Waals surface area contributed by atoms with Gasteiger partial charge < -0.3 is 14.4 Å². The zero-order valence-corrected chi connectivity index (χ0v) is 20.9. The first-order chi connectivity index (χ1) is 16.8. The monoisotopic (exact) mass is 520 g/mol. The number of hydrogen-bond acceptors (Lipinski definition) is 6. The molecule has 1 aliphatic heterocycles. The zero-order chi connectivity index (χ0) is 25.3. The Bertz CT molecular complexity index is 1280. The summed E-state index contributed by atoms with van der Waals surface area (Å²) in [4.78, 5) is 30.0. The number of benzene rings is 2. The third kappa shape index (κ3) is 4.70. The highest BCUT2D eigenvalue weighted by Crippen LogP contribution is 2.50. The molecule has 0 saturated heterocycles. The average Bonchev–Trinajstić information content (AvgIpc) is 3.18. The van der Waals surface area contributed by atoms with E-state index in [9.17, 15) is 18.4 Å². The molecule has 0 saturated carbocycles. The molecule has 0 radical (unpaired) electrons. The molecule has 2 aromatic carbocycles. The first-order valence-electron chi connectivity index (χ1n) is 11.0. The number of ether oxygens (including phenoxy) is 2. The van der Waals surface area contributed by atoms with Crippen LogP contribution in [0.4, 0.5) is 24.3 Å². The van der Waals surface area contributed by atoms with Crippen molar-refractivity contribution >= 4 is 45.7 Å². The number of carbonyl (C=O) groups is 2. The Hall–Kier alpha value is -3.17. The Kier molecular flexibility index (Phi) is 7.28. The molecule has 0 unspecified atom stereocenters. The molecule has 3 aromatic rings. The smallest absolute Gasteiger partial charge is 0.415 e. The number of rotatable bonds is 6. The minimum Gasteiger partial charge on any atom is -0.462 e. The summed E-state index contributed by atoms with van der Waals surface area (Å²) < 4.78 is 39.6. The lowest BCUT2D eigenvalue weighted by atomic mass is 9.98. The molecule has 1 aliphatic rings. The molecule has 1 amide bonds. The van der Waals surface area contributed by atoms with Crippen LogP contribution in [-0.2, 0) is 22.6 Å². The normalized spacial score (nSPS) is 12.1. The van der Waals surface area contributed by atoms with Crippen molar-refractivity contribution in [3.63, 3.8) is 0 Å². The molecule has 0 atom stereocenters. The van der Waals surface area contributed by atoms with Crippen molar-refractivity contribution in [3.8, 4) is 10.4 Å². The molecule has 2 heterocycles. The Morgan fingerprint density at radius 1 is 1.11 bits per heavy atom. The van der Waals surface area contributed by atoms with E-state index in [0.29, 0.717) is 17.1 Å². The van der Waals surface area contributed by atoms with E-state index in [1.165, 1.54) is 17.4 Å². The van der Waals surface area contributed by atoms with Crippen LogP contribution in [0.5, 0.6) is 0 Å². The van der Waals surface area contributed by atoms with E-state index in [1.54, 1.807) is 19.9 Å². The highest BCUT2D eigenvalue weighted by atomic mass is 35.5. The molecule has 184 valence electrons. The number of anilines is 2. The van der Waals surface area contributed by atoms with Gasteiger partial charge in [-0.1, -0.05) is 17.7 Å². The van der Waals surface area contributed by atoms with Crippen LogP contribution in [-0.4, -0.2) is 32.3 Å². The molecule has 10 heteroatoms. The Balaban J connectivity index is 1.94. The summed E-state index contributed by atoms with van der Waals surface area (Å²) in [6.45, 7) is 3.34. The Labute approximate surface area is 210 Å². The molecule has 0 bridgehead atoms. The van der Waals surface area contributed by atoms with Crippen LogP contribution in [0.2, 0.25) is 5.02 Å². The fraction of sp³-hybridized carbons (Fsp3) is 0.280. The van der Waals surface area contributed by atoms with Crippen LogP contribution in [0.15, 0.2) is 36.4 Å². The molecule has 4 rings (SSSR count). The second-order valence-electron chi connectivity index (χ2n) is 7.81. The van der Waals surface area contributed by atoms with Gasteiger partial charge in [0, 0.05) is 45.9 Å². The van der Waals surface area contributed by atoms with E-state index in [4.69, 9.17) is 21.1 Å². The Morgan fingerprint density at radius 3 is 2.46 bits per heavy atom. The molecule has 0 fully saturated rings. The maximum absolute atomic E-state index is 14.5. The van der Waals surface area contributed by atoms with E-state index in [1.807, 2.05) is 24.1 Å². The predicted molar refractivity (Wildman–Crippen MR) is 132 cm³/mol. The second-order valence-corrected chi connectivity index (χ2v) is 9.25.